The molecule has 0 saturated heterocycles. The van der Waals surface area contributed by atoms with Gasteiger partial charge in [0.15, 0.2) is 0 Å². The molecule has 4 heteroatoms. The van der Waals surface area contributed by atoms with Crippen molar-refractivity contribution in [1.29, 1.82) is 0 Å². The van der Waals surface area contributed by atoms with Crippen LogP contribution < -0.4 is 10.5 Å². The molecule has 0 aromatic heterocycles. The van der Waals surface area contributed by atoms with Gasteiger partial charge in [0.1, 0.15) is 11.6 Å². The Morgan fingerprint density at radius 2 is 2.29 bits per heavy atom. The minimum Gasteiger partial charge on any atom is -0.465 e. The van der Waals surface area contributed by atoms with Crippen LogP contribution in [0.25, 0.3) is 0 Å². The predicted molar refractivity (Wildman–Crippen MR) is 55.9 cm³/mol. The van der Waals surface area contributed by atoms with Crippen molar-refractivity contribution < 1.29 is 9.13 Å². The van der Waals surface area contributed by atoms with Crippen LogP contribution in [-0.4, -0.2) is 5.38 Å². The van der Waals surface area contributed by atoms with Gasteiger partial charge >= 0.3 is 0 Å². The number of rotatable bonds is 3. The minimum absolute atomic E-state index is 0.104. The molecule has 0 bridgehead atoms. The van der Waals surface area contributed by atoms with Crippen molar-refractivity contribution in [2.45, 2.75) is 12.3 Å². The highest BCUT2D eigenvalue weighted by atomic mass is 35.5. The number of allylic oxidation sites excluding steroid dienone is 1. The predicted octanol–water partition coefficient (Wildman–Crippen LogP) is 2.93. The van der Waals surface area contributed by atoms with E-state index >= 15 is 0 Å². The van der Waals surface area contributed by atoms with Crippen molar-refractivity contribution in [1.82, 2.24) is 0 Å². The summed E-state index contributed by atoms with van der Waals surface area (Å²) in [5.74, 6) is -0.0971. The van der Waals surface area contributed by atoms with Gasteiger partial charge < -0.3 is 10.5 Å². The second kappa shape index (κ2) is 4.86. The Morgan fingerprint density at radius 1 is 1.57 bits per heavy atom. The number of benzene rings is 1. The Morgan fingerprint density at radius 3 is 2.86 bits per heavy atom. The second-order valence-corrected chi connectivity index (χ2v) is 3.50. The van der Waals surface area contributed by atoms with Gasteiger partial charge in [0, 0.05) is 6.07 Å². The summed E-state index contributed by atoms with van der Waals surface area (Å²) in [4.78, 5) is 0. The van der Waals surface area contributed by atoms with Crippen molar-refractivity contribution >= 4 is 17.3 Å². The Hall–Kier alpha value is -1.22. The van der Waals surface area contributed by atoms with Gasteiger partial charge in [-0.2, -0.15) is 0 Å². The molecule has 0 heterocycles. The van der Waals surface area contributed by atoms with Gasteiger partial charge in [-0.3, -0.25) is 0 Å². The fourth-order valence-corrected chi connectivity index (χ4v) is 0.867. The Labute approximate surface area is 87.1 Å². The molecule has 1 rings (SSSR count). The van der Waals surface area contributed by atoms with E-state index in [1.54, 1.807) is 19.1 Å². The highest BCUT2D eigenvalue weighted by Crippen LogP contribution is 2.18. The summed E-state index contributed by atoms with van der Waals surface area (Å²) >= 11 is 5.64. The van der Waals surface area contributed by atoms with Crippen LogP contribution in [0.4, 0.5) is 10.1 Å². The highest BCUT2D eigenvalue weighted by Gasteiger charge is 1.99. The third-order valence-corrected chi connectivity index (χ3v) is 1.67. The zero-order chi connectivity index (χ0) is 10.6. The van der Waals surface area contributed by atoms with Crippen molar-refractivity contribution in [2.75, 3.05) is 5.73 Å². The topological polar surface area (TPSA) is 35.2 Å². The fraction of sp³-hybridized carbons (Fsp3) is 0.200. The average molecular weight is 216 g/mol. The summed E-state index contributed by atoms with van der Waals surface area (Å²) in [6.45, 7) is 1.80. The van der Waals surface area contributed by atoms with E-state index in [0.717, 1.165) is 0 Å². The molecule has 2 N–H and O–H groups in total. The van der Waals surface area contributed by atoms with Crippen LogP contribution in [0.3, 0.4) is 0 Å². The molecule has 0 aliphatic carbocycles. The van der Waals surface area contributed by atoms with Crippen molar-refractivity contribution in [3.05, 3.63) is 36.4 Å². The molecule has 0 aliphatic heterocycles. The smallest absolute Gasteiger partial charge is 0.149 e. The van der Waals surface area contributed by atoms with Gasteiger partial charge in [0.25, 0.3) is 0 Å². The van der Waals surface area contributed by atoms with Gasteiger partial charge in [0.05, 0.1) is 17.3 Å². The summed E-state index contributed by atoms with van der Waals surface area (Å²) in [6.07, 6.45) is 3.07. The molecule has 2 nitrogen and oxygen atoms in total. The van der Waals surface area contributed by atoms with Crippen LogP contribution in [0.1, 0.15) is 6.92 Å². The van der Waals surface area contributed by atoms with E-state index in [1.807, 2.05) is 0 Å². The zero-order valence-corrected chi connectivity index (χ0v) is 8.46. The molecule has 0 saturated carbocycles. The number of anilines is 1. The first-order valence-electron chi connectivity index (χ1n) is 4.12. The molecule has 0 spiro atoms. The normalized spacial score (nSPS) is 13.1. The van der Waals surface area contributed by atoms with Gasteiger partial charge in [0.2, 0.25) is 0 Å². The summed E-state index contributed by atoms with van der Waals surface area (Å²) < 4.78 is 18.0. The lowest BCUT2D eigenvalue weighted by Crippen LogP contribution is -1.91. The lowest BCUT2D eigenvalue weighted by atomic mass is 10.3. The Bertz CT molecular complexity index is 339. The van der Waals surface area contributed by atoms with E-state index in [-0.39, 0.29) is 11.1 Å². The number of nitrogen functional groups attached to an aromatic ring is 1. The van der Waals surface area contributed by atoms with E-state index in [2.05, 4.69) is 0 Å². The maximum Gasteiger partial charge on any atom is 0.149 e. The van der Waals surface area contributed by atoms with Crippen molar-refractivity contribution in [2.24, 2.45) is 0 Å². The summed E-state index contributed by atoms with van der Waals surface area (Å²) in [5.41, 5.74) is 5.40. The van der Waals surface area contributed by atoms with E-state index < -0.39 is 5.82 Å². The van der Waals surface area contributed by atoms with Gasteiger partial charge in [-0.15, -0.1) is 11.6 Å². The summed E-state index contributed by atoms with van der Waals surface area (Å²) in [5, 5.41) is -0.117. The van der Waals surface area contributed by atoms with Crippen LogP contribution >= 0.6 is 11.6 Å². The fourth-order valence-electron chi connectivity index (χ4n) is 0.807. The van der Waals surface area contributed by atoms with E-state index in [4.69, 9.17) is 22.1 Å². The zero-order valence-electron chi connectivity index (χ0n) is 7.71. The second-order valence-electron chi connectivity index (χ2n) is 2.81. The van der Waals surface area contributed by atoms with Crippen molar-refractivity contribution in [3.63, 3.8) is 0 Å². The largest absolute Gasteiger partial charge is 0.465 e. The molecule has 1 aromatic carbocycles. The molecule has 14 heavy (non-hydrogen) atoms. The maximum absolute atomic E-state index is 12.9. The molecule has 0 aliphatic rings. The van der Waals surface area contributed by atoms with E-state index in [0.29, 0.717) is 5.75 Å². The lowest BCUT2D eigenvalue weighted by Gasteiger charge is -2.01. The Balaban J connectivity index is 2.64. The standard InChI is InChI=1S/C10H11ClFNO/c1-7(11)4-5-14-8-2-3-10(13)9(12)6-8/h2-7H,13H2,1H3/b5-4+. The van der Waals surface area contributed by atoms with Crippen LogP contribution in [0.2, 0.25) is 0 Å². The highest BCUT2D eigenvalue weighted by molar-refractivity contribution is 6.21. The molecular weight excluding hydrogens is 205 g/mol. The van der Waals surface area contributed by atoms with Crippen LogP contribution in [0.5, 0.6) is 5.75 Å². The molecule has 0 fully saturated rings. The van der Waals surface area contributed by atoms with Crippen LogP contribution in [-0.2, 0) is 0 Å². The molecule has 1 aromatic rings. The SMILES string of the molecule is CC(Cl)/C=C/Oc1ccc(N)c(F)c1. The minimum atomic E-state index is -0.491. The van der Waals surface area contributed by atoms with Crippen LogP contribution in [0, 0.1) is 5.82 Å². The third-order valence-electron chi connectivity index (χ3n) is 1.52. The monoisotopic (exact) mass is 215 g/mol. The van der Waals surface area contributed by atoms with E-state index in [9.17, 15) is 4.39 Å². The van der Waals surface area contributed by atoms with Gasteiger partial charge in [-0.05, 0) is 25.1 Å². The summed E-state index contributed by atoms with van der Waals surface area (Å²) in [7, 11) is 0. The number of ether oxygens (including phenoxy) is 1. The molecular formula is C10H11ClFNO. The Kier molecular flexibility index (Phi) is 3.77. The van der Waals surface area contributed by atoms with Crippen LogP contribution in [0.15, 0.2) is 30.5 Å². The lowest BCUT2D eigenvalue weighted by molar-refractivity contribution is 0.474. The molecule has 1 unspecified atom stereocenters. The molecule has 0 radical (unpaired) electrons. The number of alkyl halides is 1. The van der Waals surface area contributed by atoms with Gasteiger partial charge in [-0.1, -0.05) is 0 Å². The first-order valence-corrected chi connectivity index (χ1v) is 4.55. The van der Waals surface area contributed by atoms with E-state index in [1.165, 1.54) is 18.4 Å². The number of hydrogen-bond donors (Lipinski definition) is 1. The number of hydrogen-bond acceptors (Lipinski definition) is 2. The number of nitrogens with two attached hydrogens (primary N) is 1. The average Bonchev–Trinajstić information content (AvgIpc) is 2.10. The third kappa shape index (κ3) is 3.26. The number of halogens is 2. The molecule has 76 valence electrons. The summed E-state index contributed by atoms with van der Waals surface area (Å²) in [6, 6.07) is 4.25. The van der Waals surface area contributed by atoms with Gasteiger partial charge in [-0.25, -0.2) is 4.39 Å². The van der Waals surface area contributed by atoms with Crippen molar-refractivity contribution in [3.8, 4) is 5.75 Å². The molecule has 0 amide bonds. The maximum atomic E-state index is 12.9. The molecule has 1 atom stereocenters. The quantitative estimate of drug-likeness (QED) is 0.478. The first-order chi connectivity index (χ1) is 6.59. The first kappa shape index (κ1) is 10.9.